The number of hydrogen-bond acceptors (Lipinski definition) is 5. The van der Waals surface area contributed by atoms with Gasteiger partial charge in [0.15, 0.2) is 5.58 Å². The van der Waals surface area contributed by atoms with Crippen molar-refractivity contribution in [3.63, 3.8) is 0 Å². The van der Waals surface area contributed by atoms with Crippen LogP contribution in [0.4, 0.5) is 0 Å². The maximum Gasteiger partial charge on any atom is 0.417 e. The lowest BCUT2D eigenvalue weighted by Crippen LogP contribution is -2.46. The van der Waals surface area contributed by atoms with E-state index in [0.29, 0.717) is 37.3 Å². The highest BCUT2D eigenvalue weighted by Crippen LogP contribution is 2.21. The predicted octanol–water partition coefficient (Wildman–Crippen LogP) is 0.0572. The van der Waals surface area contributed by atoms with Gasteiger partial charge in [-0.05, 0) is 25.2 Å². The molecule has 1 fully saturated rings. The molecule has 2 heterocycles. The van der Waals surface area contributed by atoms with Gasteiger partial charge in [0.05, 0.1) is 10.4 Å². The zero-order valence-corrected chi connectivity index (χ0v) is 11.8. The second-order valence-electron chi connectivity index (χ2n) is 4.88. The van der Waals surface area contributed by atoms with E-state index >= 15 is 0 Å². The van der Waals surface area contributed by atoms with Crippen LogP contribution in [-0.2, 0) is 10.0 Å². The summed E-state index contributed by atoms with van der Waals surface area (Å²) in [5.41, 5.74) is 0.748. The fraction of sp³-hybridized carbons (Fsp3) is 0.417. The Balaban J connectivity index is 1.98. The number of nitrogens with one attached hydrogen (secondary N) is 1. The van der Waals surface area contributed by atoms with Crippen LogP contribution in [0.15, 0.2) is 32.3 Å². The Morgan fingerprint density at radius 1 is 1.20 bits per heavy atom. The molecule has 0 saturated carbocycles. The molecule has 0 unspecified atom stereocenters. The Bertz CT molecular complexity index is 784. The summed E-state index contributed by atoms with van der Waals surface area (Å²) in [7, 11) is -1.56. The number of rotatable bonds is 2. The largest absolute Gasteiger partial charge is 0.417 e. The van der Waals surface area contributed by atoms with Gasteiger partial charge in [-0.15, -0.1) is 0 Å². The summed E-state index contributed by atoms with van der Waals surface area (Å²) in [6.45, 7) is 2.37. The van der Waals surface area contributed by atoms with E-state index in [0.717, 1.165) is 0 Å². The fourth-order valence-electron chi connectivity index (χ4n) is 2.27. The van der Waals surface area contributed by atoms with Crippen molar-refractivity contribution in [2.45, 2.75) is 4.90 Å². The molecule has 0 atom stereocenters. The fourth-order valence-corrected chi connectivity index (χ4v) is 3.72. The van der Waals surface area contributed by atoms with Gasteiger partial charge >= 0.3 is 5.76 Å². The molecule has 1 aliphatic heterocycles. The second-order valence-corrected chi connectivity index (χ2v) is 6.82. The van der Waals surface area contributed by atoms with Gasteiger partial charge in [0.1, 0.15) is 0 Å². The van der Waals surface area contributed by atoms with E-state index in [2.05, 4.69) is 9.88 Å². The normalized spacial score (nSPS) is 18.6. The standard InChI is InChI=1S/C12H15N3O4S/c1-14-4-6-15(7-5-14)20(17,18)9-2-3-11-10(8-9)13-12(16)19-11/h2-3,8H,4-7H2,1H3,(H,13,16). The lowest BCUT2D eigenvalue weighted by Gasteiger charge is -2.31. The van der Waals surface area contributed by atoms with Gasteiger partial charge in [0, 0.05) is 26.2 Å². The molecule has 0 spiro atoms. The molecule has 0 radical (unpaired) electrons. The second kappa shape index (κ2) is 4.72. The summed E-state index contributed by atoms with van der Waals surface area (Å²) in [5.74, 6) is -0.589. The zero-order valence-electron chi connectivity index (χ0n) is 11.0. The average Bonchev–Trinajstić information content (AvgIpc) is 2.78. The number of fused-ring (bicyclic) bond motifs is 1. The first kappa shape index (κ1) is 13.3. The van der Waals surface area contributed by atoms with Crippen LogP contribution < -0.4 is 5.76 Å². The van der Waals surface area contributed by atoms with Gasteiger partial charge in [-0.2, -0.15) is 4.31 Å². The van der Waals surface area contributed by atoms with E-state index in [1.807, 2.05) is 7.05 Å². The number of nitrogens with zero attached hydrogens (tertiary/aromatic N) is 2. The molecule has 108 valence electrons. The topological polar surface area (TPSA) is 86.6 Å². The number of aromatic nitrogens is 1. The summed E-state index contributed by atoms with van der Waals surface area (Å²) >= 11 is 0. The van der Waals surface area contributed by atoms with E-state index in [1.54, 1.807) is 0 Å². The number of oxazole rings is 1. The van der Waals surface area contributed by atoms with Crippen LogP contribution in [0.2, 0.25) is 0 Å². The maximum absolute atomic E-state index is 12.5. The van der Waals surface area contributed by atoms with Gasteiger partial charge in [0.25, 0.3) is 0 Å². The molecule has 1 aromatic heterocycles. The van der Waals surface area contributed by atoms with Crippen LogP contribution in [0.25, 0.3) is 11.1 Å². The van der Waals surface area contributed by atoms with E-state index in [4.69, 9.17) is 4.42 Å². The molecule has 0 amide bonds. The van der Waals surface area contributed by atoms with Crippen molar-refractivity contribution in [1.82, 2.24) is 14.2 Å². The average molecular weight is 297 g/mol. The third-order valence-corrected chi connectivity index (χ3v) is 5.39. The molecule has 2 aromatic rings. The van der Waals surface area contributed by atoms with Crippen molar-refractivity contribution in [3.05, 3.63) is 28.7 Å². The number of sulfonamides is 1. The Morgan fingerprint density at radius 3 is 2.60 bits per heavy atom. The number of H-pyrrole nitrogens is 1. The van der Waals surface area contributed by atoms with Crippen molar-refractivity contribution in [1.29, 1.82) is 0 Å². The van der Waals surface area contributed by atoms with Crippen LogP contribution in [0.1, 0.15) is 0 Å². The molecule has 1 aromatic carbocycles. The van der Waals surface area contributed by atoms with Gasteiger partial charge in [0.2, 0.25) is 10.0 Å². The Labute approximate surface area is 115 Å². The molecule has 20 heavy (non-hydrogen) atoms. The Kier molecular flexibility index (Phi) is 3.15. The number of hydrogen-bond donors (Lipinski definition) is 1. The highest BCUT2D eigenvalue weighted by molar-refractivity contribution is 7.89. The molecule has 0 aliphatic carbocycles. The van der Waals surface area contributed by atoms with Crippen LogP contribution in [-0.4, -0.2) is 55.8 Å². The highest BCUT2D eigenvalue weighted by atomic mass is 32.2. The smallest absolute Gasteiger partial charge is 0.408 e. The van der Waals surface area contributed by atoms with Crippen LogP contribution in [0.5, 0.6) is 0 Å². The predicted molar refractivity (Wildman–Crippen MR) is 73.1 cm³/mol. The van der Waals surface area contributed by atoms with Crippen LogP contribution >= 0.6 is 0 Å². The number of aromatic amines is 1. The lowest BCUT2D eigenvalue weighted by molar-refractivity contribution is 0.222. The first-order valence-corrected chi connectivity index (χ1v) is 7.72. The van der Waals surface area contributed by atoms with Crippen molar-refractivity contribution >= 4 is 21.1 Å². The summed E-state index contributed by atoms with van der Waals surface area (Å²) in [6, 6.07) is 4.40. The van der Waals surface area contributed by atoms with Gasteiger partial charge in [-0.3, -0.25) is 4.98 Å². The molecule has 7 nitrogen and oxygen atoms in total. The van der Waals surface area contributed by atoms with E-state index < -0.39 is 15.8 Å². The molecule has 1 aliphatic rings. The summed E-state index contributed by atoms with van der Waals surface area (Å²) in [5, 5.41) is 0. The Morgan fingerprint density at radius 2 is 1.90 bits per heavy atom. The first-order chi connectivity index (χ1) is 9.46. The van der Waals surface area contributed by atoms with Crippen molar-refractivity contribution in [2.24, 2.45) is 0 Å². The van der Waals surface area contributed by atoms with Gasteiger partial charge in [-0.1, -0.05) is 0 Å². The maximum atomic E-state index is 12.5. The summed E-state index contributed by atoms with van der Waals surface area (Å²) in [4.78, 5) is 15.8. The lowest BCUT2D eigenvalue weighted by atomic mass is 10.3. The number of piperazine rings is 1. The molecule has 1 saturated heterocycles. The van der Waals surface area contributed by atoms with Crippen molar-refractivity contribution in [3.8, 4) is 0 Å². The first-order valence-electron chi connectivity index (χ1n) is 6.28. The third-order valence-electron chi connectivity index (χ3n) is 3.49. The quantitative estimate of drug-likeness (QED) is 0.847. The number of benzene rings is 1. The SMILES string of the molecule is CN1CCN(S(=O)(=O)c2ccc3oc(=O)[nH]c3c2)CC1. The summed E-state index contributed by atoms with van der Waals surface area (Å²) < 4.78 is 31.4. The molecule has 8 heteroatoms. The molecule has 0 bridgehead atoms. The Hall–Kier alpha value is -1.64. The molecular formula is C12H15N3O4S. The van der Waals surface area contributed by atoms with Crippen LogP contribution in [0, 0.1) is 0 Å². The van der Waals surface area contributed by atoms with E-state index in [1.165, 1.54) is 22.5 Å². The van der Waals surface area contributed by atoms with E-state index in [9.17, 15) is 13.2 Å². The molecule has 3 rings (SSSR count). The number of likely N-dealkylation sites (N-methyl/N-ethyl adjacent to an activating group) is 1. The third kappa shape index (κ3) is 2.26. The van der Waals surface area contributed by atoms with Crippen molar-refractivity contribution in [2.75, 3.05) is 33.2 Å². The van der Waals surface area contributed by atoms with Gasteiger partial charge < -0.3 is 9.32 Å². The minimum atomic E-state index is -3.52. The summed E-state index contributed by atoms with van der Waals surface area (Å²) in [6.07, 6.45) is 0. The monoisotopic (exact) mass is 297 g/mol. The van der Waals surface area contributed by atoms with Gasteiger partial charge in [-0.25, -0.2) is 13.2 Å². The van der Waals surface area contributed by atoms with E-state index in [-0.39, 0.29) is 4.90 Å². The highest BCUT2D eigenvalue weighted by Gasteiger charge is 2.27. The van der Waals surface area contributed by atoms with Crippen LogP contribution in [0.3, 0.4) is 0 Å². The zero-order chi connectivity index (χ0) is 14.3. The molecule has 1 N–H and O–H groups in total. The van der Waals surface area contributed by atoms with Crippen molar-refractivity contribution < 1.29 is 12.8 Å². The molecular weight excluding hydrogens is 282 g/mol. The minimum Gasteiger partial charge on any atom is -0.408 e. The minimum absolute atomic E-state index is 0.173.